The van der Waals surface area contributed by atoms with E-state index < -0.39 is 17.4 Å². The maximum atomic E-state index is 12.7. The number of thioether (sulfide) groups is 1. The summed E-state index contributed by atoms with van der Waals surface area (Å²) in [4.78, 5) is 23.8. The molecule has 0 spiro atoms. The van der Waals surface area contributed by atoms with E-state index in [1.165, 1.54) is 23.9 Å². The van der Waals surface area contributed by atoms with E-state index in [1.54, 1.807) is 32.9 Å². The van der Waals surface area contributed by atoms with Crippen molar-refractivity contribution in [3.05, 3.63) is 30.1 Å². The van der Waals surface area contributed by atoms with Crippen molar-refractivity contribution in [1.82, 2.24) is 5.32 Å². The smallest absolute Gasteiger partial charge is 0.326 e. The van der Waals surface area contributed by atoms with Gasteiger partial charge >= 0.3 is 5.97 Å². The second kappa shape index (κ2) is 7.45. The molecule has 0 aliphatic carbocycles. The number of carboxylic acids is 1. The summed E-state index contributed by atoms with van der Waals surface area (Å²) in [6.45, 7) is 5.29. The van der Waals surface area contributed by atoms with Crippen LogP contribution in [0.5, 0.6) is 0 Å². The van der Waals surface area contributed by atoms with E-state index in [2.05, 4.69) is 5.32 Å². The van der Waals surface area contributed by atoms with Crippen molar-refractivity contribution in [3.8, 4) is 0 Å². The molecule has 0 aliphatic rings. The van der Waals surface area contributed by atoms with Gasteiger partial charge in [-0.2, -0.15) is 0 Å². The highest BCUT2D eigenvalue weighted by Gasteiger charge is 2.32. The minimum absolute atomic E-state index is 0.210. The van der Waals surface area contributed by atoms with Crippen LogP contribution in [0.3, 0.4) is 0 Å². The Hall–Kier alpha value is -1.56. The molecule has 0 radical (unpaired) electrons. The number of carboxylic acid groups (broad SMARTS) is 1. The standard InChI is InChI=1S/C15H20FNO3S/c1-15(2,3)13(14(19)20)17-12(18)8-9-21-11-6-4-10(16)5-7-11/h4-7,13H,8-9H2,1-3H3,(H,17,18)(H,19,20). The fraction of sp³-hybridized carbons (Fsp3) is 0.467. The van der Waals surface area contributed by atoms with E-state index in [-0.39, 0.29) is 18.1 Å². The molecular weight excluding hydrogens is 293 g/mol. The molecule has 0 bridgehead atoms. The molecule has 1 amide bonds. The Bertz CT molecular complexity index is 497. The van der Waals surface area contributed by atoms with Crippen LogP contribution in [0.1, 0.15) is 27.2 Å². The first-order valence-corrected chi connectivity index (χ1v) is 7.59. The van der Waals surface area contributed by atoms with Crippen LogP contribution in [0.2, 0.25) is 0 Å². The fourth-order valence-corrected chi connectivity index (χ4v) is 2.53. The lowest BCUT2D eigenvalue weighted by Crippen LogP contribution is -2.49. The summed E-state index contributed by atoms with van der Waals surface area (Å²) >= 11 is 1.43. The van der Waals surface area contributed by atoms with Gasteiger partial charge in [0.2, 0.25) is 5.91 Å². The lowest BCUT2D eigenvalue weighted by atomic mass is 9.87. The minimum Gasteiger partial charge on any atom is -0.480 e. The molecule has 0 fully saturated rings. The summed E-state index contributed by atoms with van der Waals surface area (Å²) in [5, 5.41) is 11.7. The number of rotatable bonds is 6. The van der Waals surface area contributed by atoms with E-state index in [9.17, 15) is 14.0 Å². The molecule has 0 heterocycles. The minimum atomic E-state index is -1.04. The number of amides is 1. The van der Waals surface area contributed by atoms with Crippen LogP contribution >= 0.6 is 11.8 Å². The Morgan fingerprint density at radius 2 is 1.86 bits per heavy atom. The summed E-state index contributed by atoms with van der Waals surface area (Å²) in [6, 6.07) is 5.10. The van der Waals surface area contributed by atoms with Crippen molar-refractivity contribution in [1.29, 1.82) is 0 Å². The van der Waals surface area contributed by atoms with Crippen LogP contribution in [-0.4, -0.2) is 28.8 Å². The van der Waals surface area contributed by atoms with Gasteiger partial charge in [-0.15, -0.1) is 11.8 Å². The van der Waals surface area contributed by atoms with Crippen LogP contribution in [0.25, 0.3) is 0 Å². The zero-order valence-electron chi connectivity index (χ0n) is 12.4. The van der Waals surface area contributed by atoms with Gasteiger partial charge in [0.25, 0.3) is 0 Å². The molecule has 6 heteroatoms. The number of nitrogens with one attached hydrogen (secondary N) is 1. The average Bonchev–Trinajstić information content (AvgIpc) is 2.36. The highest BCUT2D eigenvalue weighted by atomic mass is 32.2. The Labute approximate surface area is 128 Å². The predicted octanol–water partition coefficient (Wildman–Crippen LogP) is 2.92. The predicted molar refractivity (Wildman–Crippen MR) is 80.8 cm³/mol. The van der Waals surface area contributed by atoms with Crippen LogP contribution in [0.4, 0.5) is 4.39 Å². The SMILES string of the molecule is CC(C)(C)C(NC(=O)CCSc1ccc(F)cc1)C(=O)O. The van der Waals surface area contributed by atoms with Gasteiger partial charge in [-0.1, -0.05) is 20.8 Å². The number of halogens is 1. The quantitative estimate of drug-likeness (QED) is 0.793. The summed E-state index contributed by atoms with van der Waals surface area (Å²) in [5.41, 5.74) is -0.550. The molecule has 0 aromatic heterocycles. The third kappa shape index (κ3) is 6.16. The molecule has 0 saturated heterocycles. The Morgan fingerprint density at radius 1 is 1.29 bits per heavy atom. The highest BCUT2D eigenvalue weighted by Crippen LogP contribution is 2.21. The Kier molecular flexibility index (Phi) is 6.20. The molecule has 21 heavy (non-hydrogen) atoms. The average molecular weight is 313 g/mol. The van der Waals surface area contributed by atoms with Crippen LogP contribution < -0.4 is 5.32 Å². The molecule has 0 saturated carbocycles. The molecule has 1 unspecified atom stereocenters. The number of hydrogen-bond donors (Lipinski definition) is 2. The first-order chi connectivity index (χ1) is 9.70. The molecular formula is C15H20FNO3S. The van der Waals surface area contributed by atoms with E-state index in [0.717, 1.165) is 4.90 Å². The third-order valence-electron chi connectivity index (χ3n) is 2.83. The van der Waals surface area contributed by atoms with Gasteiger partial charge in [-0.05, 0) is 29.7 Å². The van der Waals surface area contributed by atoms with E-state index in [1.807, 2.05) is 0 Å². The van der Waals surface area contributed by atoms with E-state index >= 15 is 0 Å². The number of carbonyl (C=O) groups excluding carboxylic acids is 1. The Balaban J connectivity index is 2.43. The molecule has 4 nitrogen and oxygen atoms in total. The Morgan fingerprint density at radius 3 is 2.33 bits per heavy atom. The molecule has 1 atom stereocenters. The third-order valence-corrected chi connectivity index (χ3v) is 3.84. The first kappa shape index (κ1) is 17.5. The molecule has 1 aromatic rings. The molecule has 2 N–H and O–H groups in total. The molecule has 1 aromatic carbocycles. The number of carbonyl (C=O) groups is 2. The van der Waals surface area contributed by atoms with Gasteiger partial charge in [0, 0.05) is 17.1 Å². The maximum Gasteiger partial charge on any atom is 0.326 e. The van der Waals surface area contributed by atoms with Gasteiger partial charge in [-0.3, -0.25) is 4.79 Å². The van der Waals surface area contributed by atoms with Gasteiger partial charge in [0.05, 0.1) is 0 Å². The van der Waals surface area contributed by atoms with Crippen molar-refractivity contribution in [2.75, 3.05) is 5.75 Å². The summed E-state index contributed by atoms with van der Waals surface area (Å²) in [6.07, 6.45) is 0.210. The fourth-order valence-electron chi connectivity index (χ4n) is 1.67. The zero-order valence-corrected chi connectivity index (χ0v) is 13.2. The van der Waals surface area contributed by atoms with Crippen molar-refractivity contribution in [2.24, 2.45) is 5.41 Å². The lowest BCUT2D eigenvalue weighted by Gasteiger charge is -2.27. The largest absolute Gasteiger partial charge is 0.480 e. The molecule has 116 valence electrons. The van der Waals surface area contributed by atoms with Gasteiger partial charge in [0.15, 0.2) is 0 Å². The topological polar surface area (TPSA) is 66.4 Å². The first-order valence-electron chi connectivity index (χ1n) is 6.60. The van der Waals surface area contributed by atoms with Crippen LogP contribution in [-0.2, 0) is 9.59 Å². The maximum absolute atomic E-state index is 12.7. The number of benzene rings is 1. The monoisotopic (exact) mass is 313 g/mol. The zero-order chi connectivity index (χ0) is 16.0. The normalized spacial score (nSPS) is 12.8. The van der Waals surface area contributed by atoms with Gasteiger partial charge in [-0.25, -0.2) is 9.18 Å². The summed E-state index contributed by atoms with van der Waals surface area (Å²) < 4.78 is 12.7. The second-order valence-electron chi connectivity index (χ2n) is 5.76. The van der Waals surface area contributed by atoms with Crippen molar-refractivity contribution in [2.45, 2.75) is 38.1 Å². The van der Waals surface area contributed by atoms with Gasteiger partial charge < -0.3 is 10.4 Å². The van der Waals surface area contributed by atoms with Crippen LogP contribution in [0, 0.1) is 11.2 Å². The van der Waals surface area contributed by atoms with Crippen molar-refractivity contribution < 1.29 is 19.1 Å². The van der Waals surface area contributed by atoms with Crippen LogP contribution in [0.15, 0.2) is 29.2 Å². The van der Waals surface area contributed by atoms with Crippen molar-refractivity contribution in [3.63, 3.8) is 0 Å². The second-order valence-corrected chi connectivity index (χ2v) is 6.93. The number of aliphatic carboxylic acids is 1. The van der Waals surface area contributed by atoms with E-state index in [0.29, 0.717) is 5.75 Å². The van der Waals surface area contributed by atoms with E-state index in [4.69, 9.17) is 5.11 Å². The van der Waals surface area contributed by atoms with Gasteiger partial charge in [0.1, 0.15) is 11.9 Å². The van der Waals surface area contributed by atoms with Crippen molar-refractivity contribution >= 4 is 23.6 Å². The summed E-state index contributed by atoms with van der Waals surface area (Å²) in [5.74, 6) is -1.13. The lowest BCUT2D eigenvalue weighted by molar-refractivity contribution is -0.144. The number of hydrogen-bond acceptors (Lipinski definition) is 3. The summed E-state index contributed by atoms with van der Waals surface area (Å²) in [7, 11) is 0. The molecule has 0 aliphatic heterocycles. The highest BCUT2D eigenvalue weighted by molar-refractivity contribution is 7.99. The molecule has 1 rings (SSSR count).